The van der Waals surface area contributed by atoms with Crippen LogP contribution in [0.5, 0.6) is 0 Å². The van der Waals surface area contributed by atoms with Gasteiger partial charge in [0.15, 0.2) is 5.13 Å². The van der Waals surface area contributed by atoms with Gasteiger partial charge >= 0.3 is 0 Å². The van der Waals surface area contributed by atoms with Gasteiger partial charge in [-0.15, -0.1) is 11.3 Å². The van der Waals surface area contributed by atoms with Gasteiger partial charge in [-0.2, -0.15) is 0 Å². The molecule has 1 fully saturated rings. The lowest BCUT2D eigenvalue weighted by Gasteiger charge is -2.37. The number of rotatable bonds is 3. The Bertz CT molecular complexity index is 513. The summed E-state index contributed by atoms with van der Waals surface area (Å²) in [5.41, 5.74) is 0.277. The van der Waals surface area contributed by atoms with E-state index in [9.17, 15) is 9.59 Å². The predicted octanol–water partition coefficient (Wildman–Crippen LogP) is 2.15. The summed E-state index contributed by atoms with van der Waals surface area (Å²) in [7, 11) is 0. The lowest BCUT2D eigenvalue weighted by atomic mass is 9.96. The molecule has 6 heteroatoms. The molecule has 0 spiro atoms. The molecule has 20 heavy (non-hydrogen) atoms. The van der Waals surface area contributed by atoms with Gasteiger partial charge in [0.25, 0.3) is 0 Å². The van der Waals surface area contributed by atoms with Gasteiger partial charge in [0.05, 0.1) is 12.1 Å². The molecule has 1 aromatic heterocycles. The molecule has 0 atom stereocenters. The number of amides is 2. The van der Waals surface area contributed by atoms with Crippen LogP contribution in [0.15, 0.2) is 5.38 Å². The number of thiazole rings is 1. The zero-order chi connectivity index (χ0) is 14.9. The molecule has 5 nitrogen and oxygen atoms in total. The molecule has 0 bridgehead atoms. The highest BCUT2D eigenvalue weighted by Gasteiger charge is 2.27. The molecule has 1 N–H and O–H groups in total. The third-order valence-corrected chi connectivity index (χ3v) is 4.01. The van der Waals surface area contributed by atoms with Gasteiger partial charge in [-0.1, -0.05) is 27.7 Å². The largest absolute Gasteiger partial charge is 0.342 e. The van der Waals surface area contributed by atoms with Gasteiger partial charge < -0.3 is 10.2 Å². The van der Waals surface area contributed by atoms with Crippen LogP contribution in [0, 0.1) is 11.3 Å². The SMILES string of the molecule is CC1CN(C(=O)Cc2csc(NC(=O)C(C)(C)C)n2)C1. The summed E-state index contributed by atoms with van der Waals surface area (Å²) in [4.78, 5) is 29.9. The maximum Gasteiger partial charge on any atom is 0.231 e. The second kappa shape index (κ2) is 5.52. The molecule has 1 aliphatic rings. The number of carbonyl (C=O) groups is 2. The normalized spacial score (nSPS) is 15.9. The predicted molar refractivity (Wildman–Crippen MR) is 79.6 cm³/mol. The van der Waals surface area contributed by atoms with E-state index in [0.717, 1.165) is 18.8 Å². The molecule has 1 aromatic rings. The van der Waals surface area contributed by atoms with Crippen molar-refractivity contribution in [2.45, 2.75) is 34.1 Å². The molecule has 1 aliphatic heterocycles. The minimum Gasteiger partial charge on any atom is -0.342 e. The first-order valence-corrected chi connectivity index (χ1v) is 7.67. The molecule has 2 heterocycles. The third-order valence-electron chi connectivity index (χ3n) is 3.20. The highest BCUT2D eigenvalue weighted by Crippen LogP contribution is 2.22. The molecule has 2 amide bonds. The van der Waals surface area contributed by atoms with Crippen molar-refractivity contribution in [2.24, 2.45) is 11.3 Å². The number of anilines is 1. The molecular formula is C14H21N3O2S. The monoisotopic (exact) mass is 295 g/mol. The standard InChI is InChI=1S/C14H21N3O2S/c1-9-6-17(7-9)11(18)5-10-8-20-13(15-10)16-12(19)14(2,3)4/h8-9H,5-7H2,1-4H3,(H,15,16,19). The summed E-state index contributed by atoms with van der Waals surface area (Å²) in [5, 5.41) is 5.18. The molecule has 0 aromatic carbocycles. The highest BCUT2D eigenvalue weighted by molar-refractivity contribution is 7.13. The first-order chi connectivity index (χ1) is 9.25. The Morgan fingerprint density at radius 3 is 2.65 bits per heavy atom. The van der Waals surface area contributed by atoms with Crippen LogP contribution >= 0.6 is 11.3 Å². The van der Waals surface area contributed by atoms with E-state index in [-0.39, 0.29) is 11.8 Å². The van der Waals surface area contributed by atoms with Crippen LogP contribution in [-0.4, -0.2) is 34.8 Å². The van der Waals surface area contributed by atoms with E-state index in [1.165, 1.54) is 11.3 Å². The average Bonchev–Trinajstić information content (AvgIpc) is 2.71. The number of carbonyl (C=O) groups excluding carboxylic acids is 2. The van der Waals surface area contributed by atoms with Crippen LogP contribution in [0.1, 0.15) is 33.4 Å². The lowest BCUT2D eigenvalue weighted by Crippen LogP contribution is -2.49. The van der Waals surface area contributed by atoms with E-state index in [4.69, 9.17) is 0 Å². The lowest BCUT2D eigenvalue weighted by molar-refractivity contribution is -0.136. The molecule has 0 saturated carbocycles. The Hall–Kier alpha value is -1.43. The fourth-order valence-corrected chi connectivity index (χ4v) is 2.60. The van der Waals surface area contributed by atoms with Crippen molar-refractivity contribution in [1.82, 2.24) is 9.88 Å². The van der Waals surface area contributed by atoms with Crippen molar-refractivity contribution < 1.29 is 9.59 Å². The Morgan fingerprint density at radius 2 is 2.10 bits per heavy atom. The van der Waals surface area contributed by atoms with E-state index in [1.54, 1.807) is 0 Å². The van der Waals surface area contributed by atoms with Crippen LogP contribution in [0.2, 0.25) is 0 Å². The van der Waals surface area contributed by atoms with E-state index >= 15 is 0 Å². The van der Waals surface area contributed by atoms with Crippen LogP contribution in [0.25, 0.3) is 0 Å². The molecule has 0 radical (unpaired) electrons. The molecule has 1 saturated heterocycles. The summed E-state index contributed by atoms with van der Waals surface area (Å²) in [6.07, 6.45) is 0.314. The number of aromatic nitrogens is 1. The maximum absolute atomic E-state index is 11.9. The van der Waals surface area contributed by atoms with Crippen molar-refractivity contribution in [1.29, 1.82) is 0 Å². The minimum atomic E-state index is -0.449. The molecule has 2 rings (SSSR count). The second-order valence-corrected chi connectivity index (χ2v) is 7.29. The first-order valence-electron chi connectivity index (χ1n) is 6.79. The smallest absolute Gasteiger partial charge is 0.231 e. The zero-order valence-electron chi connectivity index (χ0n) is 12.4. The zero-order valence-corrected chi connectivity index (χ0v) is 13.2. The van der Waals surface area contributed by atoms with Crippen LogP contribution < -0.4 is 5.32 Å². The van der Waals surface area contributed by atoms with Gasteiger partial charge in [-0.25, -0.2) is 4.98 Å². The van der Waals surface area contributed by atoms with E-state index in [1.807, 2.05) is 31.1 Å². The number of hydrogen-bond donors (Lipinski definition) is 1. The molecule has 0 unspecified atom stereocenters. The van der Waals surface area contributed by atoms with Crippen molar-refractivity contribution in [3.05, 3.63) is 11.1 Å². The fourth-order valence-electron chi connectivity index (χ4n) is 1.90. The van der Waals surface area contributed by atoms with Crippen molar-refractivity contribution >= 4 is 28.3 Å². The van der Waals surface area contributed by atoms with Crippen molar-refractivity contribution in [3.8, 4) is 0 Å². The van der Waals surface area contributed by atoms with Crippen molar-refractivity contribution in [2.75, 3.05) is 18.4 Å². The summed E-state index contributed by atoms with van der Waals surface area (Å²) in [6, 6.07) is 0. The number of hydrogen-bond acceptors (Lipinski definition) is 4. The second-order valence-electron chi connectivity index (χ2n) is 6.43. The molecular weight excluding hydrogens is 274 g/mol. The Labute approximate surface area is 123 Å². The van der Waals surface area contributed by atoms with Gasteiger partial charge in [0.1, 0.15) is 0 Å². The van der Waals surface area contributed by atoms with E-state index in [0.29, 0.717) is 17.5 Å². The van der Waals surface area contributed by atoms with Gasteiger partial charge in [0.2, 0.25) is 11.8 Å². The van der Waals surface area contributed by atoms with Gasteiger partial charge in [0, 0.05) is 23.9 Å². The van der Waals surface area contributed by atoms with Crippen molar-refractivity contribution in [3.63, 3.8) is 0 Å². The summed E-state index contributed by atoms with van der Waals surface area (Å²) >= 11 is 1.36. The Morgan fingerprint density at radius 1 is 1.45 bits per heavy atom. The fraction of sp³-hybridized carbons (Fsp3) is 0.643. The van der Waals surface area contributed by atoms with E-state index < -0.39 is 5.41 Å². The minimum absolute atomic E-state index is 0.0682. The summed E-state index contributed by atoms with van der Waals surface area (Å²) in [6.45, 7) is 9.38. The number of nitrogens with one attached hydrogen (secondary N) is 1. The summed E-state index contributed by atoms with van der Waals surface area (Å²) < 4.78 is 0. The number of likely N-dealkylation sites (tertiary alicyclic amines) is 1. The topological polar surface area (TPSA) is 62.3 Å². The Kier molecular flexibility index (Phi) is 4.13. The Balaban J connectivity index is 1.89. The van der Waals surface area contributed by atoms with Gasteiger partial charge in [-0.05, 0) is 5.92 Å². The van der Waals surface area contributed by atoms with Gasteiger partial charge in [-0.3, -0.25) is 9.59 Å². The first kappa shape index (κ1) is 15.0. The van der Waals surface area contributed by atoms with E-state index in [2.05, 4.69) is 17.2 Å². The summed E-state index contributed by atoms with van der Waals surface area (Å²) in [5.74, 6) is 0.652. The van der Waals surface area contributed by atoms with Crippen LogP contribution in [0.3, 0.4) is 0 Å². The maximum atomic E-state index is 11.9. The number of nitrogens with zero attached hydrogens (tertiary/aromatic N) is 2. The highest BCUT2D eigenvalue weighted by atomic mass is 32.1. The quantitative estimate of drug-likeness (QED) is 0.929. The van der Waals surface area contributed by atoms with Crippen LogP contribution in [0.4, 0.5) is 5.13 Å². The van der Waals surface area contributed by atoms with Crippen LogP contribution in [-0.2, 0) is 16.0 Å². The molecule has 0 aliphatic carbocycles. The third kappa shape index (κ3) is 3.56. The molecule has 110 valence electrons. The average molecular weight is 295 g/mol.